The molecule has 30 heavy (non-hydrogen) atoms. The Kier molecular flexibility index (Phi) is 4.56. The topological polar surface area (TPSA) is 94.3 Å². The van der Waals surface area contributed by atoms with Crippen molar-refractivity contribution in [1.82, 2.24) is 15.3 Å². The summed E-state index contributed by atoms with van der Waals surface area (Å²) in [5.74, 6) is -1.01. The standard InChI is InChI=1S/C20H14F3N3O4/c1-9(17-14(27)5-16(28)26-17)15-4-11-6-24-8-12(18(11)30-15)10-3-13(20(21,22)23)19(29-2)25-7-10/h3-4,6-8H,5H2,1-2H3,(H,26,28)/b17-9-. The van der Waals surface area contributed by atoms with Crippen molar-refractivity contribution in [2.75, 3.05) is 7.11 Å². The van der Waals surface area contributed by atoms with Gasteiger partial charge in [0.15, 0.2) is 5.78 Å². The maximum absolute atomic E-state index is 13.4. The van der Waals surface area contributed by atoms with E-state index >= 15 is 0 Å². The predicted octanol–water partition coefficient (Wildman–Crippen LogP) is 3.74. The molecule has 0 bridgehead atoms. The highest BCUT2D eigenvalue weighted by molar-refractivity contribution is 6.18. The summed E-state index contributed by atoms with van der Waals surface area (Å²) in [6.07, 6.45) is -0.813. The Morgan fingerprint density at radius 1 is 1.20 bits per heavy atom. The molecule has 0 atom stereocenters. The zero-order chi connectivity index (χ0) is 21.6. The first-order valence-corrected chi connectivity index (χ1v) is 8.72. The molecule has 0 aliphatic carbocycles. The quantitative estimate of drug-likeness (QED) is 0.516. The number of Topliss-reactive ketones (excluding diaryl/α,β-unsaturated/α-hetero) is 1. The number of methoxy groups -OCH3 is 1. The molecule has 0 unspecified atom stereocenters. The number of nitrogens with zero attached hydrogens (tertiary/aromatic N) is 2. The molecular formula is C20H14F3N3O4. The van der Waals surface area contributed by atoms with E-state index in [0.717, 1.165) is 13.2 Å². The largest absolute Gasteiger partial charge is 0.481 e. The zero-order valence-electron chi connectivity index (χ0n) is 15.8. The number of aromatic nitrogens is 2. The van der Waals surface area contributed by atoms with E-state index in [4.69, 9.17) is 9.15 Å². The van der Waals surface area contributed by atoms with Crippen LogP contribution in [0.25, 0.3) is 27.7 Å². The number of hydrogen-bond acceptors (Lipinski definition) is 6. The van der Waals surface area contributed by atoms with Crippen LogP contribution in [0.4, 0.5) is 13.2 Å². The van der Waals surface area contributed by atoms with Gasteiger partial charge in [-0.1, -0.05) is 0 Å². The number of fused-ring (bicyclic) bond motifs is 1. The lowest BCUT2D eigenvalue weighted by molar-refractivity contribution is -0.139. The van der Waals surface area contributed by atoms with Crippen molar-refractivity contribution < 1.29 is 31.9 Å². The van der Waals surface area contributed by atoms with E-state index in [1.54, 1.807) is 13.0 Å². The monoisotopic (exact) mass is 417 g/mol. The molecule has 0 aromatic carbocycles. The summed E-state index contributed by atoms with van der Waals surface area (Å²) in [5.41, 5.74) is 0.230. The zero-order valence-corrected chi connectivity index (χ0v) is 15.8. The van der Waals surface area contributed by atoms with E-state index in [2.05, 4.69) is 15.3 Å². The van der Waals surface area contributed by atoms with Gasteiger partial charge in [0.25, 0.3) is 0 Å². The SMILES string of the molecule is COc1ncc(-c2cncc3cc(/C(C)=C4\NC(=O)CC4=O)oc23)cc1C(F)(F)F. The van der Waals surface area contributed by atoms with Gasteiger partial charge in [-0.25, -0.2) is 4.98 Å². The van der Waals surface area contributed by atoms with Gasteiger partial charge in [-0.2, -0.15) is 13.2 Å². The third kappa shape index (κ3) is 3.30. The average molecular weight is 417 g/mol. The maximum atomic E-state index is 13.4. The molecule has 4 heterocycles. The molecule has 3 aromatic rings. The lowest BCUT2D eigenvalue weighted by Gasteiger charge is -2.12. The number of ketones is 1. The summed E-state index contributed by atoms with van der Waals surface area (Å²) in [4.78, 5) is 31.3. The number of halogens is 3. The van der Waals surface area contributed by atoms with Crippen molar-refractivity contribution >= 4 is 28.2 Å². The molecule has 0 radical (unpaired) electrons. The summed E-state index contributed by atoms with van der Waals surface area (Å²) >= 11 is 0. The summed E-state index contributed by atoms with van der Waals surface area (Å²) in [6.45, 7) is 1.61. The first-order chi connectivity index (χ1) is 14.2. The number of allylic oxidation sites excluding steroid dienone is 2. The van der Waals surface area contributed by atoms with Crippen molar-refractivity contribution in [3.8, 4) is 17.0 Å². The smallest absolute Gasteiger partial charge is 0.421 e. The van der Waals surface area contributed by atoms with Crippen LogP contribution in [-0.2, 0) is 15.8 Å². The average Bonchev–Trinajstić information content (AvgIpc) is 3.28. The van der Waals surface area contributed by atoms with Gasteiger partial charge >= 0.3 is 6.18 Å². The number of amides is 1. The highest BCUT2D eigenvalue weighted by atomic mass is 19.4. The maximum Gasteiger partial charge on any atom is 0.421 e. The molecule has 4 rings (SSSR count). The minimum absolute atomic E-state index is 0.137. The van der Waals surface area contributed by atoms with Crippen molar-refractivity contribution in [3.63, 3.8) is 0 Å². The Morgan fingerprint density at radius 3 is 2.60 bits per heavy atom. The third-order valence-corrected chi connectivity index (χ3v) is 4.69. The Labute approximate surface area is 167 Å². The number of pyridine rings is 2. The molecule has 7 nitrogen and oxygen atoms in total. The van der Waals surface area contributed by atoms with Crippen LogP contribution in [0.5, 0.6) is 5.88 Å². The second-order valence-corrected chi connectivity index (χ2v) is 6.64. The molecule has 0 spiro atoms. The Balaban J connectivity index is 1.86. The van der Waals surface area contributed by atoms with Crippen LogP contribution < -0.4 is 10.1 Å². The van der Waals surface area contributed by atoms with Gasteiger partial charge in [-0.05, 0) is 19.1 Å². The second-order valence-electron chi connectivity index (χ2n) is 6.64. The number of alkyl halides is 3. The Morgan fingerprint density at radius 2 is 1.97 bits per heavy atom. The van der Waals surface area contributed by atoms with E-state index in [-0.39, 0.29) is 29.0 Å². The number of ether oxygens (including phenoxy) is 1. The Bertz CT molecular complexity index is 1230. The number of carbonyl (C=O) groups excluding carboxylic acids is 2. The van der Waals surface area contributed by atoms with E-state index in [0.29, 0.717) is 22.3 Å². The van der Waals surface area contributed by atoms with Crippen molar-refractivity contribution in [1.29, 1.82) is 0 Å². The fourth-order valence-corrected chi connectivity index (χ4v) is 3.23. The van der Waals surface area contributed by atoms with Gasteiger partial charge in [0.1, 0.15) is 16.9 Å². The number of rotatable bonds is 3. The lowest BCUT2D eigenvalue weighted by atomic mass is 10.1. The van der Waals surface area contributed by atoms with Gasteiger partial charge in [-0.3, -0.25) is 14.6 Å². The molecule has 3 aromatic heterocycles. The minimum Gasteiger partial charge on any atom is -0.481 e. The van der Waals surface area contributed by atoms with Crippen molar-refractivity contribution in [3.05, 3.63) is 47.7 Å². The summed E-state index contributed by atoms with van der Waals surface area (Å²) in [5, 5.41) is 3.01. The third-order valence-electron chi connectivity index (χ3n) is 4.69. The molecule has 1 aliphatic heterocycles. The van der Waals surface area contributed by atoms with Crippen molar-refractivity contribution in [2.24, 2.45) is 0 Å². The van der Waals surface area contributed by atoms with Crippen LogP contribution in [0.15, 0.2) is 40.8 Å². The van der Waals surface area contributed by atoms with Crippen LogP contribution in [-0.4, -0.2) is 28.8 Å². The molecule has 1 amide bonds. The molecule has 154 valence electrons. The highest BCUT2D eigenvalue weighted by Crippen LogP contribution is 2.39. The molecular weight excluding hydrogens is 403 g/mol. The van der Waals surface area contributed by atoms with Gasteiger partial charge in [0, 0.05) is 40.7 Å². The number of nitrogens with one attached hydrogen (secondary N) is 1. The van der Waals surface area contributed by atoms with Crippen molar-refractivity contribution in [2.45, 2.75) is 19.5 Å². The van der Waals surface area contributed by atoms with Gasteiger partial charge < -0.3 is 14.5 Å². The predicted molar refractivity (Wildman–Crippen MR) is 99.2 cm³/mol. The van der Waals surface area contributed by atoms with Crippen LogP contribution >= 0.6 is 0 Å². The Hall–Kier alpha value is -3.69. The van der Waals surface area contributed by atoms with Crippen LogP contribution in [0.3, 0.4) is 0 Å². The van der Waals surface area contributed by atoms with E-state index in [9.17, 15) is 22.8 Å². The van der Waals surface area contributed by atoms with Gasteiger partial charge in [0.2, 0.25) is 11.8 Å². The molecule has 1 fully saturated rings. The van der Waals surface area contributed by atoms with E-state index < -0.39 is 23.5 Å². The van der Waals surface area contributed by atoms with Crippen LogP contribution in [0, 0.1) is 0 Å². The normalized spacial score (nSPS) is 16.2. The van der Waals surface area contributed by atoms with Crippen LogP contribution in [0.2, 0.25) is 0 Å². The number of furan rings is 1. The second kappa shape index (κ2) is 6.97. The van der Waals surface area contributed by atoms with Crippen LogP contribution in [0.1, 0.15) is 24.7 Å². The molecule has 10 heteroatoms. The number of hydrogen-bond donors (Lipinski definition) is 1. The molecule has 1 aliphatic rings. The molecule has 1 N–H and O–H groups in total. The fourth-order valence-electron chi connectivity index (χ4n) is 3.23. The molecule has 0 saturated carbocycles. The lowest BCUT2D eigenvalue weighted by Crippen LogP contribution is -2.13. The summed E-state index contributed by atoms with van der Waals surface area (Å²) in [7, 11) is 1.11. The molecule has 1 saturated heterocycles. The van der Waals surface area contributed by atoms with Gasteiger partial charge in [-0.15, -0.1) is 0 Å². The first kappa shape index (κ1) is 19.6. The summed E-state index contributed by atoms with van der Waals surface area (Å²) < 4.78 is 50.7. The van der Waals surface area contributed by atoms with Gasteiger partial charge in [0.05, 0.1) is 19.2 Å². The highest BCUT2D eigenvalue weighted by Gasteiger charge is 2.36. The minimum atomic E-state index is -4.66. The van der Waals surface area contributed by atoms with E-state index in [1.165, 1.54) is 18.6 Å². The fraction of sp³-hybridized carbons (Fsp3) is 0.200. The number of carbonyl (C=O) groups is 2. The first-order valence-electron chi connectivity index (χ1n) is 8.72. The van der Waals surface area contributed by atoms with E-state index in [1.807, 2.05) is 0 Å². The summed E-state index contributed by atoms with van der Waals surface area (Å²) in [6, 6.07) is 2.52.